The molecule has 1 saturated heterocycles. The molecule has 9 heteroatoms. The third kappa shape index (κ3) is 3.89. The average Bonchev–Trinajstić information content (AvgIpc) is 2.97. The molecular formula is C18H22FN3O4S. The Kier molecular flexibility index (Phi) is 5.34. The van der Waals surface area contributed by atoms with Gasteiger partial charge in [0.1, 0.15) is 16.4 Å². The van der Waals surface area contributed by atoms with Crippen LogP contribution in [0.1, 0.15) is 29.9 Å². The minimum atomic E-state index is -3.72. The molecule has 1 amide bonds. The molecule has 0 aliphatic carbocycles. The Hall–Kier alpha value is -2.26. The van der Waals surface area contributed by atoms with Gasteiger partial charge in [-0.1, -0.05) is 11.2 Å². The number of anilines is 1. The van der Waals surface area contributed by atoms with E-state index in [0.717, 1.165) is 5.56 Å². The fraction of sp³-hybridized carbons (Fsp3) is 0.444. The van der Waals surface area contributed by atoms with Gasteiger partial charge in [0.25, 0.3) is 0 Å². The van der Waals surface area contributed by atoms with Gasteiger partial charge in [-0.05, 0) is 51.3 Å². The maximum atomic E-state index is 13.8. The number of hydrogen-bond donors (Lipinski definition) is 1. The maximum absolute atomic E-state index is 13.8. The number of sulfonamides is 1. The zero-order chi connectivity index (χ0) is 19.8. The van der Waals surface area contributed by atoms with Crippen molar-refractivity contribution in [3.8, 4) is 0 Å². The van der Waals surface area contributed by atoms with Crippen LogP contribution in [-0.2, 0) is 14.8 Å². The van der Waals surface area contributed by atoms with Crippen LogP contribution in [0.15, 0.2) is 27.6 Å². The van der Waals surface area contributed by atoms with Gasteiger partial charge in [0.15, 0.2) is 5.76 Å². The van der Waals surface area contributed by atoms with Crippen molar-refractivity contribution < 1.29 is 22.1 Å². The average molecular weight is 395 g/mol. The summed E-state index contributed by atoms with van der Waals surface area (Å²) in [6.45, 7) is 5.37. The Balaban J connectivity index is 1.66. The van der Waals surface area contributed by atoms with Crippen LogP contribution in [0, 0.1) is 32.5 Å². The lowest BCUT2D eigenvalue weighted by Gasteiger charge is -2.30. The first-order chi connectivity index (χ1) is 12.7. The number of aryl methyl sites for hydroxylation is 3. The van der Waals surface area contributed by atoms with Gasteiger partial charge >= 0.3 is 0 Å². The molecule has 1 aromatic carbocycles. The molecule has 2 heterocycles. The highest BCUT2D eigenvalue weighted by molar-refractivity contribution is 7.89. The number of hydrogen-bond acceptors (Lipinski definition) is 5. The number of amides is 1. The number of rotatable bonds is 4. The van der Waals surface area contributed by atoms with Crippen molar-refractivity contribution in [3.05, 3.63) is 41.0 Å². The summed E-state index contributed by atoms with van der Waals surface area (Å²) in [7, 11) is -3.72. The summed E-state index contributed by atoms with van der Waals surface area (Å²) in [5.41, 5.74) is 1.31. The van der Waals surface area contributed by atoms with E-state index < -0.39 is 15.8 Å². The normalized spacial score (nSPS) is 16.4. The second kappa shape index (κ2) is 7.40. The molecule has 0 radical (unpaired) electrons. The Morgan fingerprint density at radius 3 is 2.52 bits per heavy atom. The molecule has 0 spiro atoms. The predicted octanol–water partition coefficient (Wildman–Crippen LogP) is 2.78. The van der Waals surface area contributed by atoms with Gasteiger partial charge in [-0.3, -0.25) is 4.79 Å². The maximum Gasteiger partial charge on any atom is 0.248 e. The molecule has 1 aliphatic heterocycles. The number of nitrogens with one attached hydrogen (secondary N) is 1. The third-order valence-corrected chi connectivity index (χ3v) is 6.91. The molecule has 1 fully saturated rings. The molecule has 7 nitrogen and oxygen atoms in total. The summed E-state index contributed by atoms with van der Waals surface area (Å²) in [5.74, 6) is -0.912. The van der Waals surface area contributed by atoms with Gasteiger partial charge in [-0.25, -0.2) is 12.8 Å². The van der Waals surface area contributed by atoms with Crippen LogP contribution < -0.4 is 5.32 Å². The monoisotopic (exact) mass is 395 g/mol. The number of aromatic nitrogens is 1. The van der Waals surface area contributed by atoms with E-state index in [-0.39, 0.29) is 41.3 Å². The number of carbonyl (C=O) groups is 1. The fourth-order valence-corrected chi connectivity index (χ4v) is 5.06. The molecule has 3 rings (SSSR count). The van der Waals surface area contributed by atoms with Crippen molar-refractivity contribution in [1.82, 2.24) is 9.46 Å². The molecule has 0 atom stereocenters. The quantitative estimate of drug-likeness (QED) is 0.859. The van der Waals surface area contributed by atoms with Crippen LogP contribution in [0.2, 0.25) is 0 Å². The number of halogens is 1. The van der Waals surface area contributed by atoms with E-state index in [9.17, 15) is 17.6 Å². The van der Waals surface area contributed by atoms with Gasteiger partial charge < -0.3 is 9.84 Å². The first-order valence-corrected chi connectivity index (χ1v) is 10.1. The predicted molar refractivity (Wildman–Crippen MR) is 97.2 cm³/mol. The standard InChI is InChI=1S/C18H22FN3O4S/c1-11-4-5-15(19)16(10-11)20-18(23)14-6-8-22(9-7-14)27(24,25)17-12(2)21-26-13(17)3/h4-5,10,14H,6-9H2,1-3H3,(H,20,23). The summed E-state index contributed by atoms with van der Waals surface area (Å²) in [6, 6.07) is 4.51. The van der Waals surface area contributed by atoms with E-state index in [1.807, 2.05) is 6.92 Å². The summed E-state index contributed by atoms with van der Waals surface area (Å²) in [6.07, 6.45) is 0.726. The van der Waals surface area contributed by atoms with Gasteiger partial charge in [-0.2, -0.15) is 4.31 Å². The van der Waals surface area contributed by atoms with E-state index in [0.29, 0.717) is 18.5 Å². The fourth-order valence-electron chi connectivity index (χ4n) is 3.30. The second-order valence-electron chi connectivity index (χ2n) is 6.80. The third-order valence-electron chi connectivity index (χ3n) is 4.77. The Morgan fingerprint density at radius 1 is 1.26 bits per heavy atom. The number of carbonyl (C=O) groups excluding carboxylic acids is 1. The number of nitrogens with zero attached hydrogens (tertiary/aromatic N) is 2. The Labute approximate surface area is 157 Å². The summed E-state index contributed by atoms with van der Waals surface area (Å²) in [5, 5.41) is 6.32. The highest BCUT2D eigenvalue weighted by Crippen LogP contribution is 2.28. The lowest BCUT2D eigenvalue weighted by Crippen LogP contribution is -2.41. The molecular weight excluding hydrogens is 373 g/mol. The van der Waals surface area contributed by atoms with Crippen molar-refractivity contribution in [1.29, 1.82) is 0 Å². The van der Waals surface area contributed by atoms with E-state index >= 15 is 0 Å². The zero-order valence-corrected chi connectivity index (χ0v) is 16.3. The molecule has 146 valence electrons. The van der Waals surface area contributed by atoms with E-state index in [2.05, 4.69) is 10.5 Å². The van der Waals surface area contributed by atoms with Crippen molar-refractivity contribution in [2.24, 2.45) is 5.92 Å². The van der Waals surface area contributed by atoms with Crippen molar-refractivity contribution in [2.45, 2.75) is 38.5 Å². The zero-order valence-electron chi connectivity index (χ0n) is 15.5. The van der Waals surface area contributed by atoms with Gasteiger partial charge in [0, 0.05) is 19.0 Å². The number of benzene rings is 1. The van der Waals surface area contributed by atoms with E-state index in [4.69, 9.17) is 4.52 Å². The van der Waals surface area contributed by atoms with Gasteiger partial charge in [0.2, 0.25) is 15.9 Å². The molecule has 27 heavy (non-hydrogen) atoms. The smallest absolute Gasteiger partial charge is 0.248 e. The molecule has 0 bridgehead atoms. The topological polar surface area (TPSA) is 92.5 Å². The minimum absolute atomic E-state index is 0.0900. The molecule has 0 unspecified atom stereocenters. The van der Waals surface area contributed by atoms with Crippen molar-refractivity contribution >= 4 is 21.6 Å². The highest BCUT2D eigenvalue weighted by Gasteiger charge is 2.35. The molecule has 1 aliphatic rings. The van der Waals surface area contributed by atoms with Crippen LogP contribution in [-0.4, -0.2) is 36.9 Å². The molecule has 1 aromatic heterocycles. The van der Waals surface area contributed by atoms with E-state index in [1.54, 1.807) is 26.0 Å². The van der Waals surface area contributed by atoms with Gasteiger partial charge in [-0.15, -0.1) is 0 Å². The first kappa shape index (κ1) is 19.5. The second-order valence-corrected chi connectivity index (χ2v) is 8.68. The minimum Gasteiger partial charge on any atom is -0.360 e. The lowest BCUT2D eigenvalue weighted by atomic mass is 9.97. The van der Waals surface area contributed by atoms with E-state index in [1.165, 1.54) is 10.4 Å². The molecule has 2 aromatic rings. The summed E-state index contributed by atoms with van der Waals surface area (Å²) >= 11 is 0. The molecule has 1 N–H and O–H groups in total. The van der Waals surface area contributed by atoms with Crippen LogP contribution in [0.25, 0.3) is 0 Å². The van der Waals surface area contributed by atoms with Gasteiger partial charge in [0.05, 0.1) is 5.69 Å². The summed E-state index contributed by atoms with van der Waals surface area (Å²) < 4.78 is 45.8. The van der Waals surface area contributed by atoms with Crippen LogP contribution in [0.4, 0.5) is 10.1 Å². The molecule has 0 saturated carbocycles. The Morgan fingerprint density at radius 2 is 1.93 bits per heavy atom. The highest BCUT2D eigenvalue weighted by atomic mass is 32.2. The van der Waals surface area contributed by atoms with Crippen LogP contribution in [0.3, 0.4) is 0 Å². The largest absolute Gasteiger partial charge is 0.360 e. The van der Waals surface area contributed by atoms with Crippen molar-refractivity contribution in [3.63, 3.8) is 0 Å². The lowest BCUT2D eigenvalue weighted by molar-refractivity contribution is -0.120. The van der Waals surface area contributed by atoms with Crippen LogP contribution >= 0.6 is 0 Å². The van der Waals surface area contributed by atoms with Crippen molar-refractivity contribution in [2.75, 3.05) is 18.4 Å². The first-order valence-electron chi connectivity index (χ1n) is 8.70. The summed E-state index contributed by atoms with van der Waals surface area (Å²) in [4.78, 5) is 12.5. The number of piperidine rings is 1. The van der Waals surface area contributed by atoms with Crippen LogP contribution in [0.5, 0.6) is 0 Å². The Bertz CT molecular complexity index is 943. The SMILES string of the molecule is Cc1ccc(F)c(NC(=O)C2CCN(S(=O)(=O)c3c(C)noc3C)CC2)c1.